The van der Waals surface area contributed by atoms with Crippen LogP contribution in [0.4, 0.5) is 11.5 Å². The number of hydrogen-bond donors (Lipinski definition) is 2. The van der Waals surface area contributed by atoms with Gasteiger partial charge in [0.15, 0.2) is 5.82 Å². The van der Waals surface area contributed by atoms with Crippen molar-refractivity contribution >= 4 is 11.5 Å². The molecule has 0 spiro atoms. The molecule has 1 heterocycles. The molecule has 1 aromatic carbocycles. The maximum absolute atomic E-state index is 5.89. The highest BCUT2D eigenvalue weighted by Gasteiger charge is 2.04. The maximum atomic E-state index is 5.89. The molecule has 4 nitrogen and oxygen atoms in total. The highest BCUT2D eigenvalue weighted by atomic mass is 16.5. The first kappa shape index (κ1) is 14.2. The summed E-state index contributed by atoms with van der Waals surface area (Å²) in [6, 6.07) is 12.1. The monoisotopic (exact) mass is 271 g/mol. The van der Waals surface area contributed by atoms with Gasteiger partial charge in [0.2, 0.25) is 5.88 Å². The molecule has 0 aliphatic carbocycles. The second kappa shape index (κ2) is 6.28. The molecule has 0 saturated carbocycles. The van der Waals surface area contributed by atoms with Gasteiger partial charge in [0.25, 0.3) is 0 Å². The van der Waals surface area contributed by atoms with E-state index < -0.39 is 0 Å². The van der Waals surface area contributed by atoms with Gasteiger partial charge in [0, 0.05) is 12.6 Å². The van der Waals surface area contributed by atoms with Crippen molar-refractivity contribution in [2.24, 2.45) is 0 Å². The minimum absolute atomic E-state index is 0.549. The first-order valence-corrected chi connectivity index (χ1v) is 6.73. The molecule has 0 amide bonds. The zero-order valence-corrected chi connectivity index (χ0v) is 12.2. The van der Waals surface area contributed by atoms with Crippen LogP contribution in [0.1, 0.15) is 30.9 Å². The number of nitrogen functional groups attached to an aromatic ring is 1. The van der Waals surface area contributed by atoms with Gasteiger partial charge in [-0.25, -0.2) is 0 Å². The summed E-state index contributed by atoms with van der Waals surface area (Å²) in [4.78, 5) is 4.29. The number of anilines is 2. The molecule has 0 aliphatic heterocycles. The smallest absolute Gasteiger partial charge is 0.215 e. The van der Waals surface area contributed by atoms with Gasteiger partial charge in [0.1, 0.15) is 0 Å². The third-order valence-electron chi connectivity index (χ3n) is 3.22. The average Bonchev–Trinajstić information content (AvgIpc) is 2.47. The van der Waals surface area contributed by atoms with Crippen LogP contribution >= 0.6 is 0 Å². The van der Waals surface area contributed by atoms with Gasteiger partial charge >= 0.3 is 0 Å². The van der Waals surface area contributed by atoms with Crippen molar-refractivity contribution in [1.29, 1.82) is 0 Å². The lowest BCUT2D eigenvalue weighted by Crippen LogP contribution is -2.05. The number of hydrogen-bond acceptors (Lipinski definition) is 4. The Morgan fingerprint density at radius 3 is 2.45 bits per heavy atom. The van der Waals surface area contributed by atoms with Crippen molar-refractivity contribution in [3.63, 3.8) is 0 Å². The largest absolute Gasteiger partial charge is 0.481 e. The van der Waals surface area contributed by atoms with E-state index in [0.717, 1.165) is 0 Å². The zero-order valence-electron chi connectivity index (χ0n) is 12.2. The molecule has 0 saturated heterocycles. The zero-order chi connectivity index (χ0) is 14.5. The molecule has 20 heavy (non-hydrogen) atoms. The lowest BCUT2D eigenvalue weighted by atomic mass is 10.0. The summed E-state index contributed by atoms with van der Waals surface area (Å²) in [6.07, 6.45) is 0. The number of benzene rings is 1. The Hall–Kier alpha value is -2.23. The van der Waals surface area contributed by atoms with Crippen molar-refractivity contribution in [3.05, 3.63) is 47.5 Å². The van der Waals surface area contributed by atoms with Crippen LogP contribution < -0.4 is 15.8 Å². The summed E-state index contributed by atoms with van der Waals surface area (Å²) >= 11 is 0. The molecule has 4 heteroatoms. The summed E-state index contributed by atoms with van der Waals surface area (Å²) in [6.45, 7) is 5.06. The van der Waals surface area contributed by atoms with Crippen molar-refractivity contribution in [2.45, 2.75) is 26.3 Å². The van der Waals surface area contributed by atoms with Crippen LogP contribution in [-0.4, -0.2) is 12.1 Å². The molecule has 0 radical (unpaired) electrons. The summed E-state index contributed by atoms with van der Waals surface area (Å²) in [7, 11) is 1.59. The number of rotatable bonds is 5. The molecule has 0 bridgehead atoms. The topological polar surface area (TPSA) is 60.2 Å². The second-order valence-corrected chi connectivity index (χ2v) is 5.04. The number of methoxy groups -OCH3 is 1. The van der Waals surface area contributed by atoms with Gasteiger partial charge in [-0.2, -0.15) is 4.98 Å². The van der Waals surface area contributed by atoms with Crippen LogP contribution in [0.5, 0.6) is 5.88 Å². The fraction of sp³-hybridized carbons (Fsp3) is 0.312. The second-order valence-electron chi connectivity index (χ2n) is 5.04. The Kier molecular flexibility index (Phi) is 4.45. The molecular formula is C16H21N3O. The van der Waals surface area contributed by atoms with E-state index in [-0.39, 0.29) is 0 Å². The van der Waals surface area contributed by atoms with E-state index in [9.17, 15) is 0 Å². The molecule has 2 aromatic rings. The van der Waals surface area contributed by atoms with E-state index in [1.807, 2.05) is 0 Å². The van der Waals surface area contributed by atoms with Crippen LogP contribution in [0.15, 0.2) is 36.4 Å². The Morgan fingerprint density at radius 1 is 1.15 bits per heavy atom. The van der Waals surface area contributed by atoms with Crippen LogP contribution in [0.25, 0.3) is 0 Å². The van der Waals surface area contributed by atoms with E-state index >= 15 is 0 Å². The van der Waals surface area contributed by atoms with Gasteiger partial charge < -0.3 is 15.8 Å². The third kappa shape index (κ3) is 3.41. The van der Waals surface area contributed by atoms with Gasteiger partial charge in [-0.15, -0.1) is 0 Å². The standard InChI is InChI=1S/C16H21N3O/c1-11(2)13-6-4-12(5-7-13)10-18-16-14(17)8-9-15(19-16)20-3/h4-9,11H,10,17H2,1-3H3,(H,18,19). The highest BCUT2D eigenvalue weighted by molar-refractivity contribution is 5.62. The Bertz CT molecular complexity index is 564. The van der Waals surface area contributed by atoms with Gasteiger partial charge in [-0.3, -0.25) is 0 Å². The third-order valence-corrected chi connectivity index (χ3v) is 3.22. The first-order chi connectivity index (χ1) is 9.60. The Morgan fingerprint density at radius 2 is 1.85 bits per heavy atom. The van der Waals surface area contributed by atoms with Gasteiger partial charge in [-0.05, 0) is 23.1 Å². The van der Waals surface area contributed by atoms with Gasteiger partial charge in [-0.1, -0.05) is 38.1 Å². The summed E-state index contributed by atoms with van der Waals surface area (Å²) in [5.74, 6) is 1.75. The quantitative estimate of drug-likeness (QED) is 0.875. The van der Waals surface area contributed by atoms with E-state index in [1.54, 1.807) is 19.2 Å². The molecule has 0 unspecified atom stereocenters. The fourth-order valence-corrected chi connectivity index (χ4v) is 1.91. The van der Waals surface area contributed by atoms with Crippen LogP contribution in [0, 0.1) is 0 Å². The van der Waals surface area contributed by atoms with E-state index in [2.05, 4.69) is 48.4 Å². The van der Waals surface area contributed by atoms with Crippen LogP contribution in [0.3, 0.4) is 0 Å². The van der Waals surface area contributed by atoms with Crippen molar-refractivity contribution in [2.75, 3.05) is 18.2 Å². The molecule has 0 atom stereocenters. The molecule has 1 aromatic heterocycles. The van der Waals surface area contributed by atoms with Gasteiger partial charge in [0.05, 0.1) is 12.8 Å². The summed E-state index contributed by atoms with van der Waals surface area (Å²) in [5.41, 5.74) is 9.04. The Labute approximate surface area is 120 Å². The normalized spacial score (nSPS) is 10.6. The maximum Gasteiger partial charge on any atom is 0.215 e. The van der Waals surface area contributed by atoms with E-state index in [1.165, 1.54) is 11.1 Å². The predicted octanol–water partition coefficient (Wildman–Crippen LogP) is 3.41. The number of aromatic nitrogens is 1. The first-order valence-electron chi connectivity index (χ1n) is 6.73. The Balaban J connectivity index is 2.04. The molecule has 0 fully saturated rings. The number of nitrogens with one attached hydrogen (secondary N) is 1. The van der Waals surface area contributed by atoms with Crippen molar-refractivity contribution < 1.29 is 4.74 Å². The number of nitrogens with zero attached hydrogens (tertiary/aromatic N) is 1. The van der Waals surface area contributed by atoms with E-state index in [0.29, 0.717) is 29.8 Å². The summed E-state index contributed by atoms with van der Waals surface area (Å²) < 4.78 is 5.10. The lowest BCUT2D eigenvalue weighted by Gasteiger charge is -2.11. The number of nitrogens with two attached hydrogens (primary N) is 1. The molecule has 2 rings (SSSR count). The summed E-state index contributed by atoms with van der Waals surface area (Å²) in [5, 5.41) is 3.24. The average molecular weight is 271 g/mol. The number of pyridine rings is 1. The van der Waals surface area contributed by atoms with Crippen molar-refractivity contribution in [3.8, 4) is 5.88 Å². The van der Waals surface area contributed by atoms with Crippen LogP contribution in [-0.2, 0) is 6.54 Å². The SMILES string of the molecule is COc1ccc(N)c(NCc2ccc(C(C)C)cc2)n1. The van der Waals surface area contributed by atoms with E-state index in [4.69, 9.17) is 10.5 Å². The highest BCUT2D eigenvalue weighted by Crippen LogP contribution is 2.21. The lowest BCUT2D eigenvalue weighted by molar-refractivity contribution is 0.398. The molecular weight excluding hydrogens is 250 g/mol. The molecule has 3 N–H and O–H groups in total. The minimum Gasteiger partial charge on any atom is -0.481 e. The predicted molar refractivity (Wildman–Crippen MR) is 83.1 cm³/mol. The minimum atomic E-state index is 0.549. The molecule has 0 aliphatic rings. The fourth-order valence-electron chi connectivity index (χ4n) is 1.91. The van der Waals surface area contributed by atoms with Crippen LogP contribution in [0.2, 0.25) is 0 Å². The van der Waals surface area contributed by atoms with Crippen molar-refractivity contribution in [1.82, 2.24) is 4.98 Å². The number of ether oxygens (including phenoxy) is 1. The molecule has 106 valence electrons.